The third-order valence-electron chi connectivity index (χ3n) is 4.42. The van der Waals surface area contributed by atoms with Crippen LogP contribution in [0.4, 0.5) is 0 Å². The van der Waals surface area contributed by atoms with E-state index in [1.807, 2.05) is 18.0 Å². The summed E-state index contributed by atoms with van der Waals surface area (Å²) in [5.41, 5.74) is 0. The minimum Gasteiger partial charge on any atom is -0.267 e. The van der Waals surface area contributed by atoms with Crippen molar-refractivity contribution in [3.8, 4) is 0 Å². The number of aliphatic imine (C=N–C) groups is 1. The Balaban J connectivity index is 1.60. The van der Waals surface area contributed by atoms with Gasteiger partial charge in [-0.3, -0.25) is 9.71 Å². The molecule has 21 heavy (non-hydrogen) atoms. The number of nitrogens with zero attached hydrogens (tertiary/aromatic N) is 1. The maximum Gasteiger partial charge on any atom is 0.101 e. The van der Waals surface area contributed by atoms with Crippen LogP contribution in [0.15, 0.2) is 28.8 Å². The van der Waals surface area contributed by atoms with E-state index in [9.17, 15) is 0 Å². The van der Waals surface area contributed by atoms with Gasteiger partial charge in [-0.1, -0.05) is 35.0 Å². The van der Waals surface area contributed by atoms with Crippen molar-refractivity contribution in [2.75, 3.05) is 11.5 Å². The highest BCUT2D eigenvalue weighted by Crippen LogP contribution is 2.72. The first kappa shape index (κ1) is 16.2. The highest BCUT2D eigenvalue weighted by molar-refractivity contribution is 9.09. The Kier molecular flexibility index (Phi) is 5.57. The van der Waals surface area contributed by atoms with Crippen LogP contribution in [-0.4, -0.2) is 33.2 Å². The first-order chi connectivity index (χ1) is 10.2. The van der Waals surface area contributed by atoms with Crippen LogP contribution in [0, 0.1) is 5.92 Å². The minimum atomic E-state index is -0.539. The summed E-state index contributed by atoms with van der Waals surface area (Å²) in [4.78, 5) is 5.15. The number of nitrogens with one attached hydrogen (secondary N) is 1. The summed E-state index contributed by atoms with van der Waals surface area (Å²) < 4.78 is 3.98. The normalized spacial score (nSPS) is 39.0. The highest BCUT2D eigenvalue weighted by Gasteiger charge is 2.57. The molecule has 2 heterocycles. The average Bonchev–Trinajstić information content (AvgIpc) is 3.33. The van der Waals surface area contributed by atoms with Gasteiger partial charge in [0.15, 0.2) is 0 Å². The van der Waals surface area contributed by atoms with Crippen LogP contribution in [-0.2, 0) is 0 Å². The van der Waals surface area contributed by atoms with E-state index in [0.29, 0.717) is 10.2 Å². The first-order valence-corrected chi connectivity index (χ1v) is 11.8. The molecule has 1 N–H and O–H groups in total. The van der Waals surface area contributed by atoms with Gasteiger partial charge < -0.3 is 0 Å². The lowest BCUT2D eigenvalue weighted by molar-refractivity contribution is 0.834. The molecule has 2 nitrogen and oxygen atoms in total. The van der Waals surface area contributed by atoms with E-state index in [-0.39, 0.29) is 0 Å². The molecule has 0 aromatic carbocycles. The van der Waals surface area contributed by atoms with Crippen LogP contribution in [0.1, 0.15) is 32.6 Å². The summed E-state index contributed by atoms with van der Waals surface area (Å²) in [6.07, 6.45) is 13.5. The smallest absolute Gasteiger partial charge is 0.101 e. The van der Waals surface area contributed by atoms with Crippen LogP contribution in [0.25, 0.3) is 0 Å². The molecule has 2 aliphatic heterocycles. The van der Waals surface area contributed by atoms with Gasteiger partial charge in [-0.05, 0) is 48.5 Å². The van der Waals surface area contributed by atoms with Crippen molar-refractivity contribution in [2.24, 2.45) is 10.9 Å². The number of hydrogen-bond donors (Lipinski definition) is 1. The molecule has 0 spiro atoms. The monoisotopic (exact) mass is 388 g/mol. The van der Waals surface area contributed by atoms with Gasteiger partial charge in [-0.15, -0.1) is 11.8 Å². The van der Waals surface area contributed by atoms with E-state index in [1.165, 1.54) is 30.8 Å². The van der Waals surface area contributed by atoms with Crippen molar-refractivity contribution < 1.29 is 0 Å². The average molecular weight is 389 g/mol. The molecule has 3 aliphatic rings. The van der Waals surface area contributed by atoms with Gasteiger partial charge in [0.1, 0.15) is 5.37 Å². The second-order valence-electron chi connectivity index (χ2n) is 6.13. The third kappa shape index (κ3) is 4.40. The van der Waals surface area contributed by atoms with E-state index < -0.39 is 10.2 Å². The van der Waals surface area contributed by atoms with Gasteiger partial charge in [0.05, 0.1) is 0 Å². The zero-order chi connectivity index (χ0) is 14.7. The molecule has 3 rings (SSSR count). The van der Waals surface area contributed by atoms with Gasteiger partial charge in [0.2, 0.25) is 0 Å². The lowest BCUT2D eigenvalue weighted by Crippen LogP contribution is -2.28. The van der Waals surface area contributed by atoms with Crippen molar-refractivity contribution in [3.63, 3.8) is 0 Å². The summed E-state index contributed by atoms with van der Waals surface area (Å²) in [7, 11) is -0.539. The molecule has 2 fully saturated rings. The van der Waals surface area contributed by atoms with E-state index in [1.54, 1.807) is 0 Å². The molecule has 3 unspecified atom stereocenters. The summed E-state index contributed by atoms with van der Waals surface area (Å²) in [5.74, 6) is 3.73. The van der Waals surface area contributed by atoms with Crippen LogP contribution in [0.3, 0.4) is 0 Å². The summed E-state index contributed by atoms with van der Waals surface area (Å²) >= 11 is 5.66. The molecule has 4 atom stereocenters. The van der Waals surface area contributed by atoms with Gasteiger partial charge in [-0.25, -0.2) is 0 Å². The van der Waals surface area contributed by atoms with Crippen LogP contribution < -0.4 is 4.72 Å². The molecule has 0 aromatic rings. The fourth-order valence-corrected chi connectivity index (χ4v) is 8.83. The van der Waals surface area contributed by atoms with E-state index in [0.717, 1.165) is 17.6 Å². The summed E-state index contributed by atoms with van der Waals surface area (Å²) in [5, 5.41) is 3.55. The van der Waals surface area contributed by atoms with Gasteiger partial charge in [0.25, 0.3) is 0 Å². The van der Waals surface area contributed by atoms with Gasteiger partial charge >= 0.3 is 0 Å². The Hall–Kier alpha value is 0.290. The lowest BCUT2D eigenvalue weighted by Gasteiger charge is -2.27. The standard InChI is InChI=1S/C16H25BrN2S2/c1-13(17)14-11-15(14)21(9-10-21)19-16-12-18-7-5-3-2-4-6-8-20-16/h5-8,12-16,19H,2-4,9-11H2,1H3/b7-5?,8-6+,18-12?/t13?,14-,15?,16?/m0/s1. The molecule has 0 aromatic heterocycles. The van der Waals surface area contributed by atoms with E-state index >= 15 is 0 Å². The number of allylic oxidation sites excluding steroid dienone is 2. The molecule has 0 radical (unpaired) electrons. The van der Waals surface area contributed by atoms with Gasteiger partial charge in [0, 0.05) is 22.5 Å². The maximum atomic E-state index is 4.48. The quantitative estimate of drug-likeness (QED) is 0.551. The van der Waals surface area contributed by atoms with Crippen LogP contribution in [0.2, 0.25) is 0 Å². The molecule has 0 amide bonds. The van der Waals surface area contributed by atoms with Crippen molar-refractivity contribution in [1.82, 2.24) is 4.72 Å². The van der Waals surface area contributed by atoms with Gasteiger partial charge in [-0.2, -0.15) is 10.2 Å². The Labute approximate surface area is 142 Å². The molecule has 5 heteroatoms. The Morgan fingerprint density at radius 3 is 2.86 bits per heavy atom. The fourth-order valence-electron chi connectivity index (χ4n) is 2.94. The third-order valence-corrected chi connectivity index (χ3v) is 9.84. The summed E-state index contributed by atoms with van der Waals surface area (Å²) in [6.45, 7) is 2.30. The van der Waals surface area contributed by atoms with E-state index in [2.05, 4.69) is 56.3 Å². The van der Waals surface area contributed by atoms with Crippen LogP contribution >= 0.6 is 37.9 Å². The molecular weight excluding hydrogens is 364 g/mol. The van der Waals surface area contributed by atoms with Crippen molar-refractivity contribution in [1.29, 1.82) is 0 Å². The SMILES string of the molecule is CC(Br)[C@@H]1CC1S1(NC2C=NC=CCCC/C=C/S2)CC1. The summed E-state index contributed by atoms with van der Waals surface area (Å²) in [6, 6.07) is 0. The first-order valence-electron chi connectivity index (χ1n) is 7.89. The zero-order valence-electron chi connectivity index (χ0n) is 12.6. The largest absolute Gasteiger partial charge is 0.267 e. The minimum absolute atomic E-state index is 0.341. The molecule has 118 valence electrons. The predicted molar refractivity (Wildman–Crippen MR) is 103 cm³/mol. The number of hydrogen-bond acceptors (Lipinski definition) is 3. The second kappa shape index (κ2) is 7.24. The lowest BCUT2D eigenvalue weighted by atomic mass is 10.2. The zero-order valence-corrected chi connectivity index (χ0v) is 15.8. The Morgan fingerprint density at radius 2 is 2.14 bits per heavy atom. The highest BCUT2D eigenvalue weighted by atomic mass is 79.9. The predicted octanol–water partition coefficient (Wildman–Crippen LogP) is 4.82. The topological polar surface area (TPSA) is 24.4 Å². The number of halogens is 1. The second-order valence-corrected chi connectivity index (χ2v) is 12.2. The number of rotatable bonds is 4. The van der Waals surface area contributed by atoms with Crippen LogP contribution in [0.5, 0.6) is 0 Å². The Morgan fingerprint density at radius 1 is 1.33 bits per heavy atom. The molecule has 1 saturated heterocycles. The fraction of sp³-hybridized carbons (Fsp3) is 0.688. The van der Waals surface area contributed by atoms with Crippen molar-refractivity contribution in [3.05, 3.63) is 23.8 Å². The molecular formula is C16H25BrN2S2. The maximum absolute atomic E-state index is 4.48. The molecule has 1 aliphatic carbocycles. The molecule has 0 bridgehead atoms. The number of alkyl halides is 1. The Bertz CT molecular complexity index is 444. The number of thioether (sulfide) groups is 1. The van der Waals surface area contributed by atoms with Crippen molar-refractivity contribution in [2.45, 2.75) is 48.1 Å². The van der Waals surface area contributed by atoms with Crippen molar-refractivity contribution >= 4 is 44.1 Å². The van der Waals surface area contributed by atoms with E-state index in [4.69, 9.17) is 0 Å². The molecule has 1 saturated carbocycles.